The molecular formula is C23H28N2O5. The van der Waals surface area contributed by atoms with Gasteiger partial charge in [-0.05, 0) is 48.9 Å². The summed E-state index contributed by atoms with van der Waals surface area (Å²) < 4.78 is 15.9. The average molecular weight is 412 g/mol. The summed E-state index contributed by atoms with van der Waals surface area (Å²) in [4.78, 5) is 27.0. The van der Waals surface area contributed by atoms with Crippen molar-refractivity contribution in [3.8, 4) is 5.75 Å². The Kier molecular flexibility index (Phi) is 7.68. The Hall–Kier alpha value is -3.06. The fourth-order valence-electron chi connectivity index (χ4n) is 3.19. The molecule has 7 heteroatoms. The summed E-state index contributed by atoms with van der Waals surface area (Å²) in [6.07, 6.45) is 2.06. The number of esters is 1. The number of methoxy groups -OCH3 is 1. The van der Waals surface area contributed by atoms with Crippen molar-refractivity contribution in [3.05, 3.63) is 53.6 Å². The number of unbranched alkanes of at least 4 members (excludes halogenated alkanes) is 1. The molecule has 0 unspecified atom stereocenters. The molecule has 1 aliphatic rings. The fraction of sp³-hybridized carbons (Fsp3) is 0.391. The predicted octanol–water partition coefficient (Wildman–Crippen LogP) is 3.74. The van der Waals surface area contributed by atoms with Crippen LogP contribution in [-0.4, -0.2) is 51.9 Å². The second-order valence-corrected chi connectivity index (χ2v) is 7.00. The molecule has 1 saturated heterocycles. The lowest BCUT2D eigenvalue weighted by Crippen LogP contribution is -2.36. The van der Waals surface area contributed by atoms with Crippen LogP contribution in [-0.2, 0) is 9.47 Å². The van der Waals surface area contributed by atoms with E-state index >= 15 is 0 Å². The third-order valence-corrected chi connectivity index (χ3v) is 4.90. The van der Waals surface area contributed by atoms with Gasteiger partial charge in [-0.15, -0.1) is 0 Å². The number of ether oxygens (including phenoxy) is 3. The van der Waals surface area contributed by atoms with Crippen LogP contribution in [0.25, 0.3) is 0 Å². The van der Waals surface area contributed by atoms with Gasteiger partial charge in [-0.2, -0.15) is 0 Å². The number of morpholine rings is 1. The Labute approximate surface area is 176 Å². The van der Waals surface area contributed by atoms with Crippen molar-refractivity contribution in [2.75, 3.05) is 50.2 Å². The van der Waals surface area contributed by atoms with Crippen LogP contribution >= 0.6 is 0 Å². The summed E-state index contributed by atoms with van der Waals surface area (Å²) in [5, 5.41) is 2.95. The van der Waals surface area contributed by atoms with E-state index in [1.807, 2.05) is 6.07 Å². The zero-order valence-corrected chi connectivity index (χ0v) is 17.5. The molecule has 2 aromatic carbocycles. The predicted molar refractivity (Wildman–Crippen MR) is 116 cm³/mol. The quantitative estimate of drug-likeness (QED) is 0.526. The average Bonchev–Trinajstić information content (AvgIpc) is 2.79. The minimum absolute atomic E-state index is 0.258. The van der Waals surface area contributed by atoms with E-state index in [9.17, 15) is 9.59 Å². The van der Waals surface area contributed by atoms with Gasteiger partial charge in [0.25, 0.3) is 5.91 Å². The monoisotopic (exact) mass is 412 g/mol. The number of benzene rings is 2. The van der Waals surface area contributed by atoms with Crippen LogP contribution in [0.5, 0.6) is 5.75 Å². The third kappa shape index (κ3) is 5.51. The second-order valence-electron chi connectivity index (χ2n) is 7.00. The third-order valence-electron chi connectivity index (χ3n) is 4.90. The summed E-state index contributed by atoms with van der Waals surface area (Å²) >= 11 is 0. The van der Waals surface area contributed by atoms with Crippen molar-refractivity contribution in [3.63, 3.8) is 0 Å². The summed E-state index contributed by atoms with van der Waals surface area (Å²) in [5.74, 6) is 0.0286. The van der Waals surface area contributed by atoms with E-state index in [-0.39, 0.29) is 5.91 Å². The smallest absolute Gasteiger partial charge is 0.337 e. The first-order chi connectivity index (χ1) is 14.6. The normalized spacial score (nSPS) is 13.6. The molecule has 1 heterocycles. The highest BCUT2D eigenvalue weighted by molar-refractivity contribution is 6.07. The Morgan fingerprint density at radius 2 is 1.77 bits per heavy atom. The Balaban J connectivity index is 1.78. The van der Waals surface area contributed by atoms with E-state index in [2.05, 4.69) is 17.1 Å². The van der Waals surface area contributed by atoms with E-state index in [0.717, 1.165) is 24.3 Å². The van der Waals surface area contributed by atoms with Gasteiger partial charge in [0, 0.05) is 18.7 Å². The molecule has 0 atom stereocenters. The first-order valence-electron chi connectivity index (χ1n) is 10.2. The molecule has 1 aliphatic heterocycles. The maximum atomic E-state index is 12.9. The highest BCUT2D eigenvalue weighted by Crippen LogP contribution is 2.29. The number of hydrogen-bond donors (Lipinski definition) is 1. The van der Waals surface area contributed by atoms with Gasteiger partial charge in [0.1, 0.15) is 5.75 Å². The van der Waals surface area contributed by atoms with E-state index in [4.69, 9.17) is 14.2 Å². The Bertz CT molecular complexity index is 860. The summed E-state index contributed by atoms with van der Waals surface area (Å²) in [5.41, 5.74) is 2.30. The van der Waals surface area contributed by atoms with Crippen LogP contribution < -0.4 is 15.0 Å². The number of anilines is 2. The first-order valence-corrected chi connectivity index (χ1v) is 10.2. The maximum Gasteiger partial charge on any atom is 0.337 e. The fourth-order valence-corrected chi connectivity index (χ4v) is 3.19. The minimum atomic E-state index is -0.451. The molecule has 30 heavy (non-hydrogen) atoms. The van der Waals surface area contributed by atoms with Gasteiger partial charge in [0.05, 0.1) is 43.9 Å². The van der Waals surface area contributed by atoms with E-state index < -0.39 is 5.97 Å². The first kappa shape index (κ1) is 21.6. The molecule has 0 aromatic heterocycles. The molecular weight excluding hydrogens is 384 g/mol. The van der Waals surface area contributed by atoms with Crippen molar-refractivity contribution < 1.29 is 23.8 Å². The Morgan fingerprint density at radius 1 is 1.07 bits per heavy atom. The molecule has 1 fully saturated rings. The number of nitrogens with zero attached hydrogens (tertiary/aromatic N) is 1. The molecule has 3 rings (SSSR count). The van der Waals surface area contributed by atoms with Gasteiger partial charge in [0.2, 0.25) is 0 Å². The zero-order chi connectivity index (χ0) is 21.3. The van der Waals surface area contributed by atoms with Crippen molar-refractivity contribution in [1.82, 2.24) is 0 Å². The molecule has 0 saturated carbocycles. The van der Waals surface area contributed by atoms with Gasteiger partial charge in [-0.3, -0.25) is 4.79 Å². The molecule has 1 N–H and O–H groups in total. The summed E-state index contributed by atoms with van der Waals surface area (Å²) in [7, 11) is 1.33. The molecule has 160 valence electrons. The molecule has 2 aromatic rings. The number of amides is 1. The highest BCUT2D eigenvalue weighted by Gasteiger charge is 2.19. The van der Waals surface area contributed by atoms with Gasteiger partial charge in [-0.1, -0.05) is 13.3 Å². The van der Waals surface area contributed by atoms with Crippen LogP contribution in [0, 0.1) is 0 Å². The molecule has 0 spiro atoms. The van der Waals surface area contributed by atoms with Crippen molar-refractivity contribution >= 4 is 23.3 Å². The molecule has 1 amide bonds. The minimum Gasteiger partial charge on any atom is -0.494 e. The highest BCUT2D eigenvalue weighted by atomic mass is 16.5. The lowest BCUT2D eigenvalue weighted by molar-refractivity contribution is 0.0600. The van der Waals surface area contributed by atoms with E-state index in [0.29, 0.717) is 49.7 Å². The number of nitrogens with one attached hydrogen (secondary N) is 1. The number of rotatable bonds is 8. The lowest BCUT2D eigenvalue weighted by Gasteiger charge is -2.30. The van der Waals surface area contributed by atoms with Crippen LogP contribution in [0.3, 0.4) is 0 Å². The second kappa shape index (κ2) is 10.6. The lowest BCUT2D eigenvalue weighted by atomic mass is 10.1. The molecule has 0 aliphatic carbocycles. The van der Waals surface area contributed by atoms with Crippen LogP contribution in [0.4, 0.5) is 11.4 Å². The van der Waals surface area contributed by atoms with Crippen LogP contribution in [0.1, 0.15) is 40.5 Å². The van der Waals surface area contributed by atoms with E-state index in [1.54, 1.807) is 36.4 Å². The largest absolute Gasteiger partial charge is 0.494 e. The van der Waals surface area contributed by atoms with Gasteiger partial charge < -0.3 is 24.4 Å². The zero-order valence-electron chi connectivity index (χ0n) is 17.5. The summed E-state index contributed by atoms with van der Waals surface area (Å²) in [6.45, 7) is 5.42. The van der Waals surface area contributed by atoms with Crippen LogP contribution in [0.2, 0.25) is 0 Å². The topological polar surface area (TPSA) is 77.1 Å². The summed E-state index contributed by atoms with van der Waals surface area (Å²) in [6, 6.07) is 12.2. The maximum absolute atomic E-state index is 12.9. The van der Waals surface area contributed by atoms with E-state index in [1.165, 1.54) is 7.11 Å². The van der Waals surface area contributed by atoms with Crippen molar-refractivity contribution in [2.45, 2.75) is 19.8 Å². The SMILES string of the molecule is CCCCOc1ccc(C(=O)Nc2cc(C(=O)OC)ccc2N2CCOCC2)cc1. The molecule has 0 bridgehead atoms. The van der Waals surface area contributed by atoms with Gasteiger partial charge in [-0.25, -0.2) is 4.79 Å². The van der Waals surface area contributed by atoms with Crippen LogP contribution in [0.15, 0.2) is 42.5 Å². The Morgan fingerprint density at radius 3 is 2.43 bits per heavy atom. The van der Waals surface area contributed by atoms with Gasteiger partial charge in [0.15, 0.2) is 0 Å². The molecule has 0 radical (unpaired) electrons. The number of hydrogen-bond acceptors (Lipinski definition) is 6. The molecule has 7 nitrogen and oxygen atoms in total. The number of carbonyl (C=O) groups excluding carboxylic acids is 2. The van der Waals surface area contributed by atoms with Crippen molar-refractivity contribution in [1.29, 1.82) is 0 Å². The standard InChI is InChI=1S/C23H28N2O5/c1-3-4-13-30-19-8-5-17(6-9-19)22(26)24-20-16-18(23(27)28-2)7-10-21(20)25-11-14-29-15-12-25/h5-10,16H,3-4,11-15H2,1-2H3,(H,24,26). The van der Waals surface area contributed by atoms with Crippen molar-refractivity contribution in [2.24, 2.45) is 0 Å². The van der Waals surface area contributed by atoms with Gasteiger partial charge >= 0.3 is 5.97 Å². The number of carbonyl (C=O) groups is 2.